The van der Waals surface area contributed by atoms with Crippen molar-refractivity contribution in [1.82, 2.24) is 5.32 Å². The fourth-order valence-electron chi connectivity index (χ4n) is 2.92. The first-order valence-corrected chi connectivity index (χ1v) is 10.5. The normalized spacial score (nSPS) is 11.2. The lowest BCUT2D eigenvalue weighted by atomic mass is 10.0. The molecular formula is C20H18FN3O5S. The lowest BCUT2D eigenvalue weighted by molar-refractivity contribution is 0.0964. The van der Waals surface area contributed by atoms with Crippen LogP contribution in [0.5, 0.6) is 5.75 Å². The average Bonchev–Trinajstić information content (AvgIpc) is 3.08. The molecule has 0 spiro atoms. The lowest BCUT2D eigenvalue weighted by Gasteiger charge is -2.19. The van der Waals surface area contributed by atoms with E-state index >= 15 is 0 Å². The summed E-state index contributed by atoms with van der Waals surface area (Å²) < 4.78 is 49.7. The molecule has 0 saturated heterocycles. The molecule has 30 heavy (non-hydrogen) atoms. The fourth-order valence-corrected chi connectivity index (χ4v) is 3.42. The first-order chi connectivity index (χ1) is 14.2. The van der Waals surface area contributed by atoms with Gasteiger partial charge in [0.2, 0.25) is 10.0 Å². The van der Waals surface area contributed by atoms with Crippen LogP contribution in [0.25, 0.3) is 22.3 Å². The van der Waals surface area contributed by atoms with Crippen LogP contribution < -0.4 is 14.4 Å². The Hall–Kier alpha value is -3.58. The van der Waals surface area contributed by atoms with Crippen molar-refractivity contribution in [1.29, 1.82) is 5.26 Å². The quantitative estimate of drug-likeness (QED) is 0.642. The van der Waals surface area contributed by atoms with Crippen LogP contribution in [0.1, 0.15) is 10.4 Å². The number of furan rings is 1. The zero-order valence-corrected chi connectivity index (χ0v) is 17.2. The van der Waals surface area contributed by atoms with Crippen LogP contribution >= 0.6 is 0 Å². The summed E-state index contributed by atoms with van der Waals surface area (Å²) in [6, 6.07) is 10.1. The van der Waals surface area contributed by atoms with Crippen molar-refractivity contribution in [3.8, 4) is 23.1 Å². The highest BCUT2D eigenvalue weighted by Crippen LogP contribution is 2.40. The van der Waals surface area contributed by atoms with E-state index in [1.165, 1.54) is 50.5 Å². The molecular weight excluding hydrogens is 413 g/mol. The van der Waals surface area contributed by atoms with E-state index in [9.17, 15) is 17.6 Å². The number of nitrogens with zero attached hydrogens (tertiary/aromatic N) is 2. The van der Waals surface area contributed by atoms with Gasteiger partial charge in [-0.05, 0) is 30.3 Å². The van der Waals surface area contributed by atoms with E-state index in [-0.39, 0.29) is 35.0 Å². The second kappa shape index (κ2) is 8.04. The topological polar surface area (TPSA) is 113 Å². The Kier molecular flexibility index (Phi) is 5.67. The van der Waals surface area contributed by atoms with E-state index in [1.54, 1.807) is 0 Å². The Morgan fingerprint density at radius 1 is 1.30 bits per heavy atom. The Labute approximate surface area is 172 Å². The first-order valence-electron chi connectivity index (χ1n) is 8.69. The van der Waals surface area contributed by atoms with E-state index in [0.29, 0.717) is 10.9 Å². The summed E-state index contributed by atoms with van der Waals surface area (Å²) in [5, 5.41) is 11.8. The minimum Gasteiger partial charge on any atom is -0.477 e. The molecule has 1 amide bonds. The second-order valence-electron chi connectivity index (χ2n) is 6.39. The molecule has 8 nitrogen and oxygen atoms in total. The van der Waals surface area contributed by atoms with Crippen molar-refractivity contribution in [2.24, 2.45) is 0 Å². The summed E-state index contributed by atoms with van der Waals surface area (Å²) in [4.78, 5) is 12.6. The molecule has 3 aromatic rings. The molecule has 0 bridgehead atoms. The predicted octanol–water partition coefficient (Wildman–Crippen LogP) is 2.90. The van der Waals surface area contributed by atoms with Crippen LogP contribution in [-0.2, 0) is 10.0 Å². The average molecular weight is 431 g/mol. The highest BCUT2D eigenvalue weighted by Gasteiger charge is 2.26. The maximum Gasteiger partial charge on any atom is 0.255 e. The Morgan fingerprint density at radius 2 is 1.97 bits per heavy atom. The van der Waals surface area contributed by atoms with Crippen LogP contribution in [0, 0.1) is 17.1 Å². The molecule has 156 valence electrons. The monoisotopic (exact) mass is 431 g/mol. The van der Waals surface area contributed by atoms with Gasteiger partial charge >= 0.3 is 0 Å². The van der Waals surface area contributed by atoms with Gasteiger partial charge < -0.3 is 14.5 Å². The highest BCUT2D eigenvalue weighted by atomic mass is 32.2. The van der Waals surface area contributed by atoms with Gasteiger partial charge in [-0.3, -0.25) is 9.10 Å². The number of rotatable bonds is 6. The number of halogens is 1. The van der Waals surface area contributed by atoms with Gasteiger partial charge in [0.1, 0.15) is 29.0 Å². The molecule has 0 unspecified atom stereocenters. The zero-order chi connectivity index (χ0) is 22.1. The minimum atomic E-state index is -3.65. The lowest BCUT2D eigenvalue weighted by Crippen LogP contribution is -2.25. The number of hydrogen-bond donors (Lipinski definition) is 1. The van der Waals surface area contributed by atoms with Gasteiger partial charge in [-0.25, -0.2) is 12.8 Å². The Bertz CT molecular complexity index is 1260. The predicted molar refractivity (Wildman–Crippen MR) is 109 cm³/mol. The summed E-state index contributed by atoms with van der Waals surface area (Å²) in [7, 11) is -0.860. The first kappa shape index (κ1) is 21.1. The fraction of sp³-hybridized carbons (Fsp3) is 0.200. The van der Waals surface area contributed by atoms with E-state index in [1.807, 2.05) is 6.07 Å². The molecule has 0 aliphatic rings. The van der Waals surface area contributed by atoms with Crippen molar-refractivity contribution in [3.63, 3.8) is 0 Å². The number of fused-ring (bicyclic) bond motifs is 1. The number of benzene rings is 2. The summed E-state index contributed by atoms with van der Waals surface area (Å²) in [5.74, 6) is -0.618. The third kappa shape index (κ3) is 3.92. The van der Waals surface area contributed by atoms with Gasteiger partial charge in [-0.15, -0.1) is 0 Å². The van der Waals surface area contributed by atoms with Crippen LogP contribution in [0.2, 0.25) is 0 Å². The van der Waals surface area contributed by atoms with E-state index in [4.69, 9.17) is 14.4 Å². The van der Waals surface area contributed by atoms with Crippen LogP contribution in [0.3, 0.4) is 0 Å². The number of nitrogens with one attached hydrogen (secondary N) is 1. The Morgan fingerprint density at radius 3 is 2.53 bits per heavy atom. The number of amides is 1. The van der Waals surface area contributed by atoms with Crippen molar-refractivity contribution >= 4 is 32.6 Å². The number of sulfonamides is 1. The SMILES string of the molecule is CNC(=O)c1c(-c2ccc(F)cc2)oc2cc(N(C)S(C)(=O)=O)c(OCC#N)cc12. The van der Waals surface area contributed by atoms with Crippen molar-refractivity contribution in [2.45, 2.75) is 0 Å². The van der Waals surface area contributed by atoms with E-state index in [0.717, 1.165) is 10.6 Å². The van der Waals surface area contributed by atoms with E-state index < -0.39 is 21.7 Å². The van der Waals surface area contributed by atoms with E-state index in [2.05, 4.69) is 5.32 Å². The molecule has 3 rings (SSSR count). The summed E-state index contributed by atoms with van der Waals surface area (Å²) in [5.41, 5.74) is 1.00. The smallest absolute Gasteiger partial charge is 0.255 e. The molecule has 0 fully saturated rings. The maximum atomic E-state index is 13.3. The van der Waals surface area contributed by atoms with Crippen LogP contribution in [-0.4, -0.2) is 41.3 Å². The molecule has 0 radical (unpaired) electrons. The third-order valence-electron chi connectivity index (χ3n) is 4.46. The van der Waals surface area contributed by atoms with Gasteiger partial charge in [-0.1, -0.05) is 0 Å². The van der Waals surface area contributed by atoms with Gasteiger partial charge in [0, 0.05) is 31.1 Å². The molecule has 0 aliphatic carbocycles. The summed E-state index contributed by atoms with van der Waals surface area (Å²) in [6.45, 7) is -0.325. The molecule has 1 heterocycles. The molecule has 1 N–H and O–H groups in total. The van der Waals surface area contributed by atoms with Crippen molar-refractivity contribution < 1.29 is 26.8 Å². The standard InChI is InChI=1S/C20H18FN3O5S/c1-23-20(25)18-14-10-17(28-9-8-22)15(24(2)30(3,26)27)11-16(14)29-19(18)12-4-6-13(21)7-5-12/h4-7,10-11H,9H2,1-3H3,(H,23,25). The van der Waals surface area contributed by atoms with Crippen molar-refractivity contribution in [2.75, 3.05) is 31.3 Å². The van der Waals surface area contributed by atoms with Crippen LogP contribution in [0.15, 0.2) is 40.8 Å². The van der Waals surface area contributed by atoms with Gasteiger partial charge in [-0.2, -0.15) is 5.26 Å². The number of anilines is 1. The van der Waals surface area contributed by atoms with Crippen LogP contribution in [0.4, 0.5) is 10.1 Å². The molecule has 1 aromatic heterocycles. The van der Waals surface area contributed by atoms with Crippen molar-refractivity contribution in [3.05, 3.63) is 47.8 Å². The molecule has 2 aromatic carbocycles. The number of nitriles is 1. The number of carbonyl (C=O) groups excluding carboxylic acids is 1. The summed E-state index contributed by atoms with van der Waals surface area (Å²) >= 11 is 0. The third-order valence-corrected chi connectivity index (χ3v) is 5.65. The summed E-state index contributed by atoms with van der Waals surface area (Å²) in [6.07, 6.45) is 1.02. The molecule has 0 aliphatic heterocycles. The second-order valence-corrected chi connectivity index (χ2v) is 8.40. The molecule has 0 saturated carbocycles. The Balaban J connectivity index is 2.33. The minimum absolute atomic E-state index is 0.0913. The highest BCUT2D eigenvalue weighted by molar-refractivity contribution is 7.92. The number of ether oxygens (including phenoxy) is 1. The number of carbonyl (C=O) groups is 1. The van der Waals surface area contributed by atoms with Gasteiger partial charge in [0.05, 0.1) is 17.5 Å². The molecule has 0 atom stereocenters. The largest absolute Gasteiger partial charge is 0.477 e. The molecule has 10 heteroatoms. The van der Waals surface area contributed by atoms with Gasteiger partial charge in [0.15, 0.2) is 6.61 Å². The maximum absolute atomic E-state index is 13.3. The number of hydrogen-bond acceptors (Lipinski definition) is 6. The van der Waals surface area contributed by atoms with Gasteiger partial charge in [0.25, 0.3) is 5.91 Å². The zero-order valence-electron chi connectivity index (χ0n) is 16.4.